The number of ether oxygens (including phenoxy) is 1. The smallest absolute Gasteiger partial charge is 0.292 e. The lowest BCUT2D eigenvalue weighted by Crippen LogP contribution is -2.69. The third kappa shape index (κ3) is 2.06. The summed E-state index contributed by atoms with van der Waals surface area (Å²) in [6.45, 7) is 4.78. The SMILES string of the molecule is [BH3-][N+]12CCC(CC1)C1(CN=C(Nc3nc4ccccc4[nH]3)O1)C2. The first-order valence-electron chi connectivity index (χ1n) is 7.98. The van der Waals surface area contributed by atoms with Crippen molar-refractivity contribution in [3.63, 3.8) is 0 Å². The van der Waals surface area contributed by atoms with E-state index in [4.69, 9.17) is 4.74 Å². The molecule has 5 heterocycles. The van der Waals surface area contributed by atoms with Crippen LogP contribution in [0.25, 0.3) is 11.0 Å². The Morgan fingerprint density at radius 1 is 1.30 bits per heavy atom. The second kappa shape index (κ2) is 4.51. The minimum absolute atomic E-state index is 0.0351. The average Bonchev–Trinajstić information content (AvgIpc) is 3.11. The van der Waals surface area contributed by atoms with Crippen LogP contribution in [-0.4, -0.2) is 60.1 Å². The number of piperidine rings is 3. The summed E-state index contributed by atoms with van der Waals surface area (Å²) in [6.07, 6.45) is 2.63. The first kappa shape index (κ1) is 13.4. The van der Waals surface area contributed by atoms with Crippen molar-refractivity contribution in [2.75, 3.05) is 31.5 Å². The van der Waals surface area contributed by atoms with Crippen LogP contribution < -0.4 is 5.32 Å². The molecule has 2 N–H and O–H groups in total. The van der Waals surface area contributed by atoms with E-state index in [1.165, 1.54) is 36.9 Å². The van der Waals surface area contributed by atoms with E-state index < -0.39 is 0 Å². The first-order valence-corrected chi connectivity index (χ1v) is 7.98. The minimum Gasteiger partial charge on any atom is -0.519 e. The van der Waals surface area contributed by atoms with Gasteiger partial charge in [0.05, 0.1) is 24.1 Å². The Labute approximate surface area is 136 Å². The number of anilines is 1. The second-order valence-electron chi connectivity index (χ2n) is 6.57. The van der Waals surface area contributed by atoms with Crippen molar-refractivity contribution in [3.8, 4) is 0 Å². The van der Waals surface area contributed by atoms with E-state index in [1.54, 1.807) is 0 Å². The van der Waals surface area contributed by atoms with Gasteiger partial charge < -0.3 is 14.1 Å². The highest BCUT2D eigenvalue weighted by molar-refractivity contribution is 5.97. The average molecular weight is 311 g/mol. The maximum Gasteiger partial charge on any atom is 0.292 e. The van der Waals surface area contributed by atoms with Gasteiger partial charge in [-0.2, -0.15) is 0 Å². The van der Waals surface area contributed by atoms with Gasteiger partial charge in [0.1, 0.15) is 0 Å². The van der Waals surface area contributed by atoms with E-state index in [0.29, 0.717) is 25.9 Å². The standard InChI is InChI=1S/C16H22BN5O/c17-22-7-5-11(6-8-22)16(10-22)9-18-15(23-16)21-14-19-12-3-1-2-4-13(12)20-14/h1-4,11H,5-10H2,17H3,(H2,18,19,20,21). The van der Waals surface area contributed by atoms with Crippen LogP contribution in [0.3, 0.4) is 0 Å². The number of amidine groups is 1. The lowest BCUT2D eigenvalue weighted by Gasteiger charge is -2.60. The molecule has 0 aliphatic carbocycles. The minimum atomic E-state index is -0.0351. The number of rotatable bonds is 1. The summed E-state index contributed by atoms with van der Waals surface area (Å²) < 4.78 is 7.77. The van der Waals surface area contributed by atoms with E-state index in [1.807, 2.05) is 24.3 Å². The molecule has 1 aromatic heterocycles. The summed E-state index contributed by atoms with van der Waals surface area (Å²) in [5, 5.41) is 3.25. The highest BCUT2D eigenvalue weighted by Gasteiger charge is 2.55. The number of H-pyrrole nitrogens is 1. The second-order valence-corrected chi connectivity index (χ2v) is 6.57. The molecule has 3 saturated heterocycles. The Morgan fingerprint density at radius 3 is 2.91 bits per heavy atom. The largest absolute Gasteiger partial charge is 0.519 e. The third-order valence-corrected chi connectivity index (χ3v) is 5.23. The highest BCUT2D eigenvalue weighted by Crippen LogP contribution is 2.43. The van der Waals surface area contributed by atoms with Crippen molar-refractivity contribution in [2.45, 2.75) is 18.4 Å². The van der Waals surface area contributed by atoms with Crippen LogP contribution in [0.5, 0.6) is 0 Å². The summed E-state index contributed by atoms with van der Waals surface area (Å²) in [7, 11) is 0.295. The molecule has 7 heteroatoms. The van der Waals surface area contributed by atoms with Gasteiger partial charge in [-0.1, -0.05) is 12.1 Å². The Bertz CT molecular complexity index is 762. The molecule has 2 aromatic rings. The van der Waals surface area contributed by atoms with Gasteiger partial charge in [0.15, 0.2) is 13.6 Å². The van der Waals surface area contributed by atoms with Gasteiger partial charge in [-0.15, -0.1) is 0 Å². The van der Waals surface area contributed by atoms with E-state index in [-0.39, 0.29) is 5.60 Å². The van der Waals surface area contributed by atoms with Gasteiger partial charge in [0.25, 0.3) is 6.02 Å². The van der Waals surface area contributed by atoms with Gasteiger partial charge in [-0.25, -0.2) is 9.98 Å². The fraction of sp³-hybridized carbons (Fsp3) is 0.500. The summed E-state index contributed by atoms with van der Waals surface area (Å²) >= 11 is 0. The number of hydrogen-bond acceptors (Lipinski definition) is 4. The van der Waals surface area contributed by atoms with Crippen LogP contribution in [0.1, 0.15) is 12.8 Å². The van der Waals surface area contributed by atoms with Crippen LogP contribution in [-0.2, 0) is 4.74 Å². The van der Waals surface area contributed by atoms with E-state index in [2.05, 4.69) is 20.3 Å². The Morgan fingerprint density at radius 2 is 2.13 bits per heavy atom. The zero-order valence-electron chi connectivity index (χ0n) is 12.4. The van der Waals surface area contributed by atoms with Crippen LogP contribution in [0, 0.1) is 5.92 Å². The lowest BCUT2D eigenvalue weighted by molar-refractivity contribution is -0.845. The Kier molecular flexibility index (Phi) is 2.63. The van der Waals surface area contributed by atoms with Crippen molar-refractivity contribution < 1.29 is 9.13 Å². The molecule has 0 saturated carbocycles. The van der Waals surface area contributed by atoms with Gasteiger partial charge in [0.2, 0.25) is 5.95 Å². The number of fused-ring (bicyclic) bond motifs is 3. The molecular formula is C16H22BN5O. The quantitative estimate of drug-likeness (QED) is 0.759. The van der Waals surface area contributed by atoms with Crippen molar-refractivity contribution in [3.05, 3.63) is 24.3 Å². The number of aromatic nitrogens is 2. The number of hydrogen-bond donors (Lipinski definition) is 2. The lowest BCUT2D eigenvalue weighted by atomic mass is 9.72. The molecule has 4 aliphatic rings. The van der Waals surface area contributed by atoms with Crippen molar-refractivity contribution in [2.24, 2.45) is 10.9 Å². The summed E-state index contributed by atoms with van der Waals surface area (Å²) in [5.74, 6) is 1.39. The van der Waals surface area contributed by atoms with Gasteiger partial charge >= 0.3 is 0 Å². The number of para-hydroxylation sites is 2. The van der Waals surface area contributed by atoms with E-state index in [9.17, 15) is 0 Å². The van der Waals surface area contributed by atoms with Crippen LogP contribution >= 0.6 is 0 Å². The fourth-order valence-electron chi connectivity index (χ4n) is 4.06. The number of benzene rings is 1. The molecule has 2 bridgehead atoms. The fourth-order valence-corrected chi connectivity index (χ4v) is 4.06. The Hall–Kier alpha value is -2.02. The number of imidazole rings is 1. The van der Waals surface area contributed by atoms with Crippen LogP contribution in [0.15, 0.2) is 29.3 Å². The first-order chi connectivity index (χ1) is 11.1. The molecule has 6 rings (SSSR count). The summed E-state index contributed by atoms with van der Waals surface area (Å²) in [6, 6.07) is 8.68. The molecule has 0 amide bonds. The molecular weight excluding hydrogens is 289 g/mol. The molecule has 1 unspecified atom stereocenters. The number of quaternary nitrogens is 1. The van der Waals surface area contributed by atoms with Gasteiger partial charge in [-0.05, 0) is 25.0 Å². The molecule has 6 nitrogen and oxygen atoms in total. The highest BCUT2D eigenvalue weighted by atomic mass is 16.5. The van der Waals surface area contributed by atoms with E-state index >= 15 is 0 Å². The number of nitrogens with one attached hydrogen (secondary N) is 2. The summed E-state index contributed by atoms with van der Waals surface area (Å²) in [5.41, 5.74) is 1.95. The van der Waals surface area contributed by atoms with Crippen LogP contribution in [0.2, 0.25) is 0 Å². The summed E-state index contributed by atoms with van der Waals surface area (Å²) in [4.78, 5) is 12.5. The van der Waals surface area contributed by atoms with Crippen molar-refractivity contribution >= 4 is 31.0 Å². The maximum atomic E-state index is 6.39. The predicted octanol–water partition coefficient (Wildman–Crippen LogP) is 0.621. The molecule has 23 heavy (non-hydrogen) atoms. The van der Waals surface area contributed by atoms with Crippen molar-refractivity contribution in [1.29, 1.82) is 0 Å². The third-order valence-electron chi connectivity index (χ3n) is 5.23. The maximum absolute atomic E-state index is 6.39. The zero-order valence-corrected chi connectivity index (χ0v) is 12.4. The molecule has 1 aromatic carbocycles. The monoisotopic (exact) mass is 311 g/mol. The molecule has 3 fully saturated rings. The Balaban J connectivity index is 1.36. The molecule has 1 spiro atoms. The number of nitrogens with zero attached hydrogens (tertiary/aromatic N) is 3. The number of aromatic amines is 1. The van der Waals surface area contributed by atoms with Crippen molar-refractivity contribution in [1.82, 2.24) is 9.97 Å². The van der Waals surface area contributed by atoms with Crippen LogP contribution in [0.4, 0.5) is 5.95 Å². The zero-order chi connectivity index (χ0) is 15.5. The molecule has 4 aliphatic heterocycles. The molecule has 120 valence electrons. The predicted molar refractivity (Wildman–Crippen MR) is 93.4 cm³/mol. The van der Waals surface area contributed by atoms with Gasteiger partial charge in [0, 0.05) is 19.0 Å². The normalized spacial score (nSPS) is 35.5. The molecule has 1 atom stereocenters. The van der Waals surface area contributed by atoms with E-state index in [0.717, 1.165) is 17.6 Å². The van der Waals surface area contributed by atoms with Gasteiger partial charge in [-0.3, -0.25) is 5.32 Å². The number of aliphatic imine (C=N–C) groups is 1. The molecule has 0 radical (unpaired) electrons. The topological polar surface area (TPSA) is 62.3 Å².